The third-order valence-corrected chi connectivity index (χ3v) is 5.88. The largest absolute Gasteiger partial charge is 0.381 e. The lowest BCUT2D eigenvalue weighted by Gasteiger charge is -2.34. The average Bonchev–Trinajstić information content (AvgIpc) is 2.89. The Balaban J connectivity index is 1.78. The Labute approximate surface area is 175 Å². The lowest BCUT2D eigenvalue weighted by molar-refractivity contribution is 0.0447. The molecular formula is C21H27ClN4O3. The van der Waals surface area contributed by atoms with Crippen LogP contribution < -0.4 is 10.6 Å². The molecule has 2 aromatic heterocycles. The van der Waals surface area contributed by atoms with E-state index in [0.29, 0.717) is 40.9 Å². The zero-order valence-electron chi connectivity index (χ0n) is 17.3. The van der Waals surface area contributed by atoms with Gasteiger partial charge in [-0.15, -0.1) is 0 Å². The molecule has 156 valence electrons. The fraction of sp³-hybridized carbons (Fsp3) is 0.476. The van der Waals surface area contributed by atoms with E-state index in [2.05, 4.69) is 22.5 Å². The zero-order chi connectivity index (χ0) is 21.2. The summed E-state index contributed by atoms with van der Waals surface area (Å²) in [5.74, 6) is -0.312. The molecule has 3 heterocycles. The van der Waals surface area contributed by atoms with Crippen LogP contribution in [0.5, 0.6) is 0 Å². The minimum absolute atomic E-state index is 0.0353. The molecule has 0 radical (unpaired) electrons. The number of hydrogen-bond acceptors (Lipinski definition) is 5. The van der Waals surface area contributed by atoms with Crippen LogP contribution in [-0.4, -0.2) is 46.5 Å². The minimum Gasteiger partial charge on any atom is -0.381 e. The van der Waals surface area contributed by atoms with Gasteiger partial charge in [0.15, 0.2) is 5.78 Å². The third-order valence-electron chi connectivity index (χ3n) is 5.68. The van der Waals surface area contributed by atoms with Crippen molar-refractivity contribution in [1.82, 2.24) is 14.9 Å². The van der Waals surface area contributed by atoms with Crippen LogP contribution in [0.3, 0.4) is 0 Å². The number of ether oxygens (including phenoxy) is 1. The molecule has 0 aromatic carbocycles. The van der Waals surface area contributed by atoms with Crippen LogP contribution in [-0.2, 0) is 11.8 Å². The van der Waals surface area contributed by atoms with Gasteiger partial charge < -0.3 is 19.9 Å². The van der Waals surface area contributed by atoms with Gasteiger partial charge in [0.05, 0.1) is 17.8 Å². The summed E-state index contributed by atoms with van der Waals surface area (Å²) in [5, 5.41) is 6.52. The number of amides is 1. The number of nitrogens with one attached hydrogen (secondary N) is 2. The first-order valence-corrected chi connectivity index (χ1v) is 10.0. The predicted octanol–water partition coefficient (Wildman–Crippen LogP) is 3.28. The van der Waals surface area contributed by atoms with Crippen LogP contribution in [0.2, 0.25) is 5.15 Å². The Bertz CT molecular complexity index is 932. The zero-order valence-corrected chi connectivity index (χ0v) is 18.0. The van der Waals surface area contributed by atoms with Crippen molar-refractivity contribution in [2.24, 2.45) is 7.05 Å². The normalized spacial score (nSPS) is 15.9. The molecule has 1 aliphatic heterocycles. The molecule has 7 nitrogen and oxygen atoms in total. The first-order chi connectivity index (χ1) is 13.7. The van der Waals surface area contributed by atoms with E-state index in [-0.39, 0.29) is 23.8 Å². The van der Waals surface area contributed by atoms with Gasteiger partial charge in [0.25, 0.3) is 5.91 Å². The van der Waals surface area contributed by atoms with Crippen molar-refractivity contribution < 1.29 is 14.3 Å². The summed E-state index contributed by atoms with van der Waals surface area (Å²) in [4.78, 5) is 29.8. The van der Waals surface area contributed by atoms with Gasteiger partial charge >= 0.3 is 0 Å². The van der Waals surface area contributed by atoms with Gasteiger partial charge in [-0.1, -0.05) is 11.6 Å². The third kappa shape index (κ3) is 4.69. The van der Waals surface area contributed by atoms with E-state index < -0.39 is 0 Å². The molecule has 0 unspecified atom stereocenters. The van der Waals surface area contributed by atoms with Gasteiger partial charge in [-0.2, -0.15) is 0 Å². The van der Waals surface area contributed by atoms with E-state index in [1.807, 2.05) is 20.9 Å². The van der Waals surface area contributed by atoms with E-state index in [9.17, 15) is 9.59 Å². The Hall–Kier alpha value is -2.22. The standard InChI is InChI=1S/C21H27ClN4O3/c1-13-18(20(28)25-15-5-8-23-17(22)11-15)14(2)26(4)19(13)16(27)12-24-21(3)6-9-29-10-7-21/h5,8,11,24H,6-7,9-10,12H2,1-4H3,(H,23,25,28). The number of aromatic nitrogens is 2. The SMILES string of the molecule is Cc1c(C(=O)Nc2ccnc(Cl)c2)c(C)n(C)c1C(=O)CNC1(C)CCOCC1. The molecule has 2 aromatic rings. The second kappa shape index (κ2) is 8.65. The van der Waals surface area contributed by atoms with Crippen molar-refractivity contribution >= 4 is 29.0 Å². The monoisotopic (exact) mass is 418 g/mol. The van der Waals surface area contributed by atoms with Gasteiger partial charge in [-0.3, -0.25) is 9.59 Å². The van der Waals surface area contributed by atoms with E-state index in [1.54, 1.807) is 16.7 Å². The second-order valence-electron chi connectivity index (χ2n) is 7.76. The van der Waals surface area contributed by atoms with Crippen LogP contribution in [0.1, 0.15) is 51.9 Å². The number of hydrogen-bond donors (Lipinski definition) is 2. The number of anilines is 1. The number of halogens is 1. The van der Waals surface area contributed by atoms with Crippen molar-refractivity contribution in [3.63, 3.8) is 0 Å². The summed E-state index contributed by atoms with van der Waals surface area (Å²) in [6.07, 6.45) is 3.27. The first kappa shape index (κ1) is 21.5. The molecule has 1 saturated heterocycles. The highest BCUT2D eigenvalue weighted by molar-refractivity contribution is 6.29. The number of Topliss-reactive ketones (excluding diaryl/α,β-unsaturated/α-hetero) is 1. The predicted molar refractivity (Wildman–Crippen MR) is 113 cm³/mol. The van der Waals surface area contributed by atoms with E-state index in [0.717, 1.165) is 18.5 Å². The van der Waals surface area contributed by atoms with Crippen LogP contribution in [0.15, 0.2) is 18.3 Å². The highest BCUT2D eigenvalue weighted by atomic mass is 35.5. The van der Waals surface area contributed by atoms with Crippen molar-refractivity contribution in [3.05, 3.63) is 46.0 Å². The van der Waals surface area contributed by atoms with Gasteiger partial charge in [0, 0.05) is 43.4 Å². The number of ketones is 1. The Morgan fingerprint density at radius 1 is 1.31 bits per heavy atom. The topological polar surface area (TPSA) is 85.2 Å². The van der Waals surface area contributed by atoms with Crippen LogP contribution in [0, 0.1) is 13.8 Å². The number of carbonyl (C=O) groups is 2. The van der Waals surface area contributed by atoms with Crippen molar-refractivity contribution in [2.45, 2.75) is 39.2 Å². The van der Waals surface area contributed by atoms with Crippen LogP contribution in [0.4, 0.5) is 5.69 Å². The van der Waals surface area contributed by atoms with Crippen molar-refractivity contribution in [3.8, 4) is 0 Å². The molecule has 0 bridgehead atoms. The minimum atomic E-state index is -0.277. The number of rotatable bonds is 6. The fourth-order valence-corrected chi connectivity index (χ4v) is 3.93. The second-order valence-corrected chi connectivity index (χ2v) is 8.15. The van der Waals surface area contributed by atoms with E-state index in [4.69, 9.17) is 16.3 Å². The molecular weight excluding hydrogens is 392 g/mol. The van der Waals surface area contributed by atoms with Crippen molar-refractivity contribution in [2.75, 3.05) is 25.1 Å². The van der Waals surface area contributed by atoms with Crippen LogP contribution in [0.25, 0.3) is 0 Å². The molecule has 29 heavy (non-hydrogen) atoms. The van der Waals surface area contributed by atoms with Crippen molar-refractivity contribution in [1.29, 1.82) is 0 Å². The summed E-state index contributed by atoms with van der Waals surface area (Å²) in [6.45, 7) is 7.38. The smallest absolute Gasteiger partial charge is 0.257 e. The molecule has 2 N–H and O–H groups in total. The van der Waals surface area contributed by atoms with Gasteiger partial charge in [0.2, 0.25) is 0 Å². The Kier molecular flexibility index (Phi) is 6.41. The average molecular weight is 419 g/mol. The summed E-state index contributed by atoms with van der Waals surface area (Å²) < 4.78 is 7.20. The number of pyridine rings is 1. The summed E-state index contributed by atoms with van der Waals surface area (Å²) >= 11 is 5.89. The maximum Gasteiger partial charge on any atom is 0.257 e. The molecule has 0 spiro atoms. The lowest BCUT2D eigenvalue weighted by atomic mass is 9.92. The molecule has 0 aliphatic carbocycles. The van der Waals surface area contributed by atoms with Gasteiger partial charge in [-0.05, 0) is 51.3 Å². The highest BCUT2D eigenvalue weighted by Gasteiger charge is 2.29. The summed E-state index contributed by atoms with van der Waals surface area (Å²) in [7, 11) is 1.81. The highest BCUT2D eigenvalue weighted by Crippen LogP contribution is 2.24. The lowest BCUT2D eigenvalue weighted by Crippen LogP contribution is -2.48. The molecule has 1 aliphatic rings. The molecule has 3 rings (SSSR count). The van der Waals surface area contributed by atoms with Gasteiger partial charge in [0.1, 0.15) is 5.15 Å². The molecule has 0 saturated carbocycles. The van der Waals surface area contributed by atoms with Crippen LogP contribution >= 0.6 is 11.6 Å². The Morgan fingerprint density at radius 3 is 2.66 bits per heavy atom. The first-order valence-electron chi connectivity index (χ1n) is 9.66. The molecule has 8 heteroatoms. The van der Waals surface area contributed by atoms with E-state index in [1.165, 1.54) is 6.20 Å². The van der Waals surface area contributed by atoms with E-state index >= 15 is 0 Å². The summed E-state index contributed by atoms with van der Waals surface area (Å²) in [6, 6.07) is 3.25. The maximum absolute atomic E-state index is 13.0. The fourth-order valence-electron chi connectivity index (χ4n) is 3.76. The summed E-state index contributed by atoms with van der Waals surface area (Å²) in [5.41, 5.74) is 2.90. The Morgan fingerprint density at radius 2 is 2.00 bits per heavy atom. The van der Waals surface area contributed by atoms with Gasteiger partial charge in [-0.25, -0.2) is 4.98 Å². The molecule has 0 atom stereocenters. The number of nitrogens with zero attached hydrogens (tertiary/aromatic N) is 2. The maximum atomic E-state index is 13.0. The quantitative estimate of drug-likeness (QED) is 0.555. The molecule has 1 amide bonds. The molecule has 1 fully saturated rings. The number of carbonyl (C=O) groups excluding carboxylic acids is 2.